The van der Waals surface area contributed by atoms with Crippen molar-refractivity contribution in [3.63, 3.8) is 0 Å². The summed E-state index contributed by atoms with van der Waals surface area (Å²) in [4.78, 5) is 16.8. The van der Waals surface area contributed by atoms with E-state index in [4.69, 9.17) is 0 Å². The molecule has 0 aromatic carbocycles. The zero-order valence-electron chi connectivity index (χ0n) is 8.11. The van der Waals surface area contributed by atoms with Crippen LogP contribution in [0, 0.1) is 0 Å². The van der Waals surface area contributed by atoms with E-state index in [1.807, 2.05) is 19.2 Å². The van der Waals surface area contributed by atoms with Gasteiger partial charge in [-0.25, -0.2) is 4.98 Å². The zero-order chi connectivity index (χ0) is 10.8. The molecule has 0 aliphatic rings. The normalized spacial score (nSPS) is 10.5. The van der Waals surface area contributed by atoms with Gasteiger partial charge in [-0.1, -0.05) is 0 Å². The number of rotatable bonds is 3. The number of halogens is 1. The second-order valence-corrected chi connectivity index (χ2v) is 5.78. The molecule has 0 fully saturated rings. The molecule has 15 heavy (non-hydrogen) atoms. The van der Waals surface area contributed by atoms with E-state index in [2.05, 4.69) is 20.9 Å². The molecule has 0 bridgehead atoms. The fourth-order valence-electron chi connectivity index (χ4n) is 1.25. The number of ketones is 1. The van der Waals surface area contributed by atoms with E-state index < -0.39 is 0 Å². The smallest absolute Gasteiger partial charge is 0.187 e. The molecule has 0 saturated heterocycles. The minimum atomic E-state index is 0.0601. The van der Waals surface area contributed by atoms with Gasteiger partial charge in [0.2, 0.25) is 0 Å². The van der Waals surface area contributed by atoms with Crippen LogP contribution in [-0.2, 0) is 13.5 Å². The van der Waals surface area contributed by atoms with Crippen LogP contribution in [0.4, 0.5) is 0 Å². The van der Waals surface area contributed by atoms with Gasteiger partial charge in [-0.05, 0) is 28.1 Å². The van der Waals surface area contributed by atoms with E-state index in [1.165, 1.54) is 0 Å². The van der Waals surface area contributed by atoms with Crippen LogP contribution in [0.2, 0.25) is 0 Å². The number of aromatic nitrogens is 2. The van der Waals surface area contributed by atoms with E-state index >= 15 is 0 Å². The third kappa shape index (κ3) is 2.54. The van der Waals surface area contributed by atoms with Gasteiger partial charge >= 0.3 is 0 Å². The lowest BCUT2D eigenvalue weighted by Crippen LogP contribution is -2.02. The van der Waals surface area contributed by atoms with Crippen LogP contribution in [0.3, 0.4) is 0 Å². The molecule has 2 aromatic rings. The van der Waals surface area contributed by atoms with Crippen molar-refractivity contribution in [2.75, 3.05) is 0 Å². The van der Waals surface area contributed by atoms with Crippen LogP contribution in [0.5, 0.6) is 0 Å². The molecule has 0 atom stereocenters. The van der Waals surface area contributed by atoms with Gasteiger partial charge in [-0.2, -0.15) is 0 Å². The minimum absolute atomic E-state index is 0.0601. The Balaban J connectivity index is 2.10. The Morgan fingerprint density at radius 2 is 2.40 bits per heavy atom. The Labute approximate surface area is 99.9 Å². The van der Waals surface area contributed by atoms with Gasteiger partial charge in [0.25, 0.3) is 0 Å². The number of thiophene rings is 1. The van der Waals surface area contributed by atoms with Crippen molar-refractivity contribution >= 4 is 33.0 Å². The van der Waals surface area contributed by atoms with E-state index in [0.717, 1.165) is 8.66 Å². The fourth-order valence-corrected chi connectivity index (χ4v) is 2.73. The lowest BCUT2D eigenvalue weighted by Gasteiger charge is -1.93. The van der Waals surface area contributed by atoms with Gasteiger partial charge in [-0.3, -0.25) is 4.79 Å². The predicted octanol–water partition coefficient (Wildman–Crippen LogP) is 2.67. The molecule has 0 aliphatic carbocycles. The third-order valence-corrected chi connectivity index (χ3v) is 3.58. The summed E-state index contributed by atoms with van der Waals surface area (Å²) in [7, 11) is 1.85. The van der Waals surface area contributed by atoms with Gasteiger partial charge < -0.3 is 4.57 Å². The molecular formula is C10H9BrN2OS. The Morgan fingerprint density at radius 1 is 1.60 bits per heavy atom. The maximum atomic E-state index is 11.8. The molecule has 0 unspecified atom stereocenters. The summed E-state index contributed by atoms with van der Waals surface area (Å²) in [6.07, 6.45) is 3.80. The Hall–Kier alpha value is -0.940. The molecular weight excluding hydrogens is 276 g/mol. The highest BCUT2D eigenvalue weighted by Crippen LogP contribution is 2.23. The Morgan fingerprint density at radius 3 is 2.93 bits per heavy atom. The minimum Gasteiger partial charge on any atom is -0.340 e. The number of carbonyl (C=O) groups excluding carboxylic acids is 1. The molecule has 0 amide bonds. The van der Waals surface area contributed by atoms with Crippen LogP contribution >= 0.6 is 27.3 Å². The standard InChI is InChI=1S/C10H9BrN2OS/c1-13-5-8(12-6-13)9(14)4-7-2-3-10(11)15-7/h2-3,5-6H,4H2,1H3. The molecule has 2 rings (SSSR count). The van der Waals surface area contributed by atoms with Crippen molar-refractivity contribution in [2.45, 2.75) is 6.42 Å². The first-order valence-corrected chi connectivity index (χ1v) is 6.01. The lowest BCUT2D eigenvalue weighted by molar-refractivity contribution is 0.0989. The van der Waals surface area contributed by atoms with Crippen molar-refractivity contribution in [3.8, 4) is 0 Å². The average Bonchev–Trinajstić information content (AvgIpc) is 2.75. The number of nitrogens with zero attached hydrogens (tertiary/aromatic N) is 2. The molecule has 0 radical (unpaired) electrons. The van der Waals surface area contributed by atoms with Crippen molar-refractivity contribution in [1.29, 1.82) is 0 Å². The average molecular weight is 285 g/mol. The van der Waals surface area contributed by atoms with Gasteiger partial charge in [0.05, 0.1) is 10.1 Å². The number of aryl methyl sites for hydroxylation is 1. The number of carbonyl (C=O) groups is 1. The summed E-state index contributed by atoms with van der Waals surface area (Å²) in [6, 6.07) is 3.90. The first kappa shape index (κ1) is 10.6. The van der Waals surface area contributed by atoms with Crippen molar-refractivity contribution in [1.82, 2.24) is 9.55 Å². The summed E-state index contributed by atoms with van der Waals surface area (Å²) >= 11 is 4.95. The predicted molar refractivity (Wildman–Crippen MR) is 63.3 cm³/mol. The molecule has 0 aliphatic heterocycles. The number of hydrogen-bond donors (Lipinski definition) is 0. The van der Waals surface area contributed by atoms with E-state index in [9.17, 15) is 4.79 Å². The van der Waals surface area contributed by atoms with Crippen molar-refractivity contribution in [2.24, 2.45) is 7.05 Å². The fraction of sp³-hybridized carbons (Fsp3) is 0.200. The summed E-state index contributed by atoms with van der Waals surface area (Å²) in [5.74, 6) is 0.0601. The van der Waals surface area contributed by atoms with Crippen LogP contribution in [0.1, 0.15) is 15.4 Å². The third-order valence-electron chi connectivity index (χ3n) is 1.95. The second-order valence-electron chi connectivity index (χ2n) is 3.23. The van der Waals surface area contributed by atoms with Crippen molar-refractivity contribution < 1.29 is 4.79 Å². The van der Waals surface area contributed by atoms with E-state index in [-0.39, 0.29) is 5.78 Å². The first-order chi connectivity index (χ1) is 7.15. The van der Waals surface area contributed by atoms with Gasteiger partial charge in [0.15, 0.2) is 5.78 Å². The quantitative estimate of drug-likeness (QED) is 0.813. The van der Waals surface area contributed by atoms with Crippen molar-refractivity contribution in [3.05, 3.63) is 39.0 Å². The van der Waals surface area contributed by atoms with Gasteiger partial charge in [0.1, 0.15) is 5.69 Å². The molecule has 2 aromatic heterocycles. The maximum absolute atomic E-state index is 11.8. The second kappa shape index (κ2) is 4.28. The Bertz CT molecular complexity index is 489. The topological polar surface area (TPSA) is 34.9 Å². The molecule has 2 heterocycles. The molecule has 0 saturated carbocycles. The number of imidazole rings is 1. The highest BCUT2D eigenvalue weighted by atomic mass is 79.9. The molecule has 5 heteroatoms. The number of hydrogen-bond acceptors (Lipinski definition) is 3. The highest BCUT2D eigenvalue weighted by Gasteiger charge is 2.10. The Kier molecular flexibility index (Phi) is 3.02. The van der Waals surface area contributed by atoms with E-state index in [1.54, 1.807) is 28.4 Å². The summed E-state index contributed by atoms with van der Waals surface area (Å²) in [6.45, 7) is 0. The van der Waals surface area contributed by atoms with Crippen LogP contribution < -0.4 is 0 Å². The SMILES string of the molecule is Cn1cnc(C(=O)Cc2ccc(Br)s2)c1. The summed E-state index contributed by atoms with van der Waals surface area (Å²) < 4.78 is 2.82. The zero-order valence-corrected chi connectivity index (χ0v) is 10.5. The van der Waals surface area contributed by atoms with Crippen LogP contribution in [0.15, 0.2) is 28.4 Å². The van der Waals surface area contributed by atoms with Crippen LogP contribution in [-0.4, -0.2) is 15.3 Å². The van der Waals surface area contributed by atoms with Crippen LogP contribution in [0.25, 0.3) is 0 Å². The molecule has 0 spiro atoms. The largest absolute Gasteiger partial charge is 0.340 e. The first-order valence-electron chi connectivity index (χ1n) is 4.40. The monoisotopic (exact) mass is 284 g/mol. The lowest BCUT2D eigenvalue weighted by atomic mass is 10.2. The number of Topliss-reactive ketones (excluding diaryl/α,β-unsaturated/α-hetero) is 1. The molecule has 0 N–H and O–H groups in total. The summed E-state index contributed by atoms with van der Waals surface area (Å²) in [5, 5.41) is 0. The highest BCUT2D eigenvalue weighted by molar-refractivity contribution is 9.11. The molecule has 78 valence electrons. The van der Waals surface area contributed by atoms with Gasteiger partial charge in [0, 0.05) is 24.5 Å². The molecule has 3 nitrogen and oxygen atoms in total. The van der Waals surface area contributed by atoms with E-state index in [0.29, 0.717) is 12.1 Å². The van der Waals surface area contributed by atoms with Gasteiger partial charge in [-0.15, -0.1) is 11.3 Å². The maximum Gasteiger partial charge on any atom is 0.187 e. The summed E-state index contributed by atoms with van der Waals surface area (Å²) in [5.41, 5.74) is 0.530.